The topological polar surface area (TPSA) is 113 Å². The second kappa shape index (κ2) is 8.87. The van der Waals surface area contributed by atoms with Crippen LogP contribution in [-0.4, -0.2) is 57.5 Å². The summed E-state index contributed by atoms with van der Waals surface area (Å²) in [4.78, 5) is 36.2. The molecule has 1 aromatic carbocycles. The van der Waals surface area contributed by atoms with Gasteiger partial charge in [0.05, 0.1) is 19.1 Å². The molecule has 1 saturated heterocycles. The second-order valence-electron chi connectivity index (χ2n) is 5.45. The van der Waals surface area contributed by atoms with E-state index in [0.29, 0.717) is 17.1 Å². The number of benzene rings is 1. The van der Waals surface area contributed by atoms with Gasteiger partial charge in [-0.2, -0.15) is 0 Å². The maximum absolute atomic E-state index is 12.7. The van der Waals surface area contributed by atoms with Crippen LogP contribution in [0.3, 0.4) is 0 Å². The number of hydrogen-bond acceptors (Lipinski definition) is 7. The molecule has 1 atom stereocenters. The van der Waals surface area contributed by atoms with Crippen LogP contribution in [-0.2, 0) is 14.4 Å². The summed E-state index contributed by atoms with van der Waals surface area (Å²) in [5.41, 5.74) is 0.565. The van der Waals surface area contributed by atoms with Crippen molar-refractivity contribution in [3.8, 4) is 11.5 Å². The highest BCUT2D eigenvalue weighted by Crippen LogP contribution is 2.37. The number of methoxy groups -OCH3 is 2. The maximum atomic E-state index is 12.7. The molecular formula is C17H17NO7S2. The smallest absolute Gasteiger partial charge is 0.326 e. The van der Waals surface area contributed by atoms with Crippen molar-refractivity contribution in [1.82, 2.24) is 4.90 Å². The van der Waals surface area contributed by atoms with Gasteiger partial charge in [-0.05, 0) is 30.7 Å². The van der Waals surface area contributed by atoms with Crippen molar-refractivity contribution in [1.29, 1.82) is 0 Å². The molecule has 2 rings (SSSR count). The van der Waals surface area contributed by atoms with Gasteiger partial charge in [-0.3, -0.25) is 14.5 Å². The van der Waals surface area contributed by atoms with E-state index in [0.717, 1.165) is 16.7 Å². The van der Waals surface area contributed by atoms with Crippen molar-refractivity contribution in [3.05, 3.63) is 28.7 Å². The van der Waals surface area contributed by atoms with Gasteiger partial charge in [0.2, 0.25) is 0 Å². The van der Waals surface area contributed by atoms with Gasteiger partial charge in [-0.1, -0.05) is 24.0 Å². The molecule has 1 aliphatic rings. The maximum Gasteiger partial charge on any atom is 0.326 e. The molecule has 1 fully saturated rings. The van der Waals surface area contributed by atoms with Gasteiger partial charge < -0.3 is 19.7 Å². The Bertz CT molecular complexity index is 821. The number of amides is 1. The highest BCUT2D eigenvalue weighted by Gasteiger charge is 2.40. The van der Waals surface area contributed by atoms with E-state index in [9.17, 15) is 19.5 Å². The molecule has 1 unspecified atom stereocenters. The molecule has 8 nitrogen and oxygen atoms in total. The SMILES string of the molecule is COc1ccc(OC)c(C=C2SC(=S)N(C(CCC(=O)O)C(=O)O)C2=O)c1. The molecule has 2 N–H and O–H groups in total. The lowest BCUT2D eigenvalue weighted by molar-refractivity contribution is -0.146. The minimum absolute atomic E-state index is 0.0610. The van der Waals surface area contributed by atoms with Gasteiger partial charge in [-0.15, -0.1) is 0 Å². The van der Waals surface area contributed by atoms with Crippen LogP contribution in [0.25, 0.3) is 6.08 Å². The first-order valence-electron chi connectivity index (χ1n) is 7.72. The third-order valence-electron chi connectivity index (χ3n) is 3.78. The summed E-state index contributed by atoms with van der Waals surface area (Å²) in [5.74, 6) is -1.99. The minimum Gasteiger partial charge on any atom is -0.497 e. The Kier molecular flexibility index (Phi) is 6.81. The van der Waals surface area contributed by atoms with E-state index in [1.54, 1.807) is 18.2 Å². The molecule has 0 radical (unpaired) electrons. The van der Waals surface area contributed by atoms with Crippen LogP contribution in [0.5, 0.6) is 11.5 Å². The highest BCUT2D eigenvalue weighted by atomic mass is 32.2. The lowest BCUT2D eigenvalue weighted by Gasteiger charge is -2.22. The summed E-state index contributed by atoms with van der Waals surface area (Å²) < 4.78 is 10.5. The quantitative estimate of drug-likeness (QED) is 0.491. The molecule has 1 aromatic rings. The Morgan fingerprint density at radius 3 is 2.56 bits per heavy atom. The van der Waals surface area contributed by atoms with Crippen LogP contribution in [0.15, 0.2) is 23.1 Å². The van der Waals surface area contributed by atoms with E-state index < -0.39 is 30.3 Å². The lowest BCUT2D eigenvalue weighted by Crippen LogP contribution is -2.44. The van der Waals surface area contributed by atoms with Crippen LogP contribution in [0.2, 0.25) is 0 Å². The van der Waals surface area contributed by atoms with E-state index in [1.807, 2.05) is 0 Å². The molecule has 144 valence electrons. The lowest BCUT2D eigenvalue weighted by atomic mass is 10.1. The van der Waals surface area contributed by atoms with Gasteiger partial charge in [0.25, 0.3) is 5.91 Å². The number of ether oxygens (including phenoxy) is 2. The Morgan fingerprint density at radius 1 is 1.30 bits per heavy atom. The Balaban J connectivity index is 2.35. The second-order valence-corrected chi connectivity index (χ2v) is 7.12. The first kappa shape index (κ1) is 20.7. The predicted molar refractivity (Wildman–Crippen MR) is 103 cm³/mol. The molecule has 0 saturated carbocycles. The van der Waals surface area contributed by atoms with Crippen LogP contribution in [0, 0.1) is 0 Å². The first-order valence-corrected chi connectivity index (χ1v) is 8.94. The van der Waals surface area contributed by atoms with Crippen LogP contribution in [0.1, 0.15) is 18.4 Å². The van der Waals surface area contributed by atoms with Crippen LogP contribution >= 0.6 is 24.0 Å². The molecule has 0 aromatic heterocycles. The number of carboxylic acid groups (broad SMARTS) is 2. The third kappa shape index (κ3) is 4.77. The summed E-state index contributed by atoms with van der Waals surface area (Å²) in [5, 5.41) is 18.2. The summed E-state index contributed by atoms with van der Waals surface area (Å²) in [7, 11) is 2.99. The number of carbonyl (C=O) groups excluding carboxylic acids is 1. The van der Waals surface area contributed by atoms with Crippen molar-refractivity contribution in [2.75, 3.05) is 14.2 Å². The van der Waals surface area contributed by atoms with Crippen molar-refractivity contribution in [2.45, 2.75) is 18.9 Å². The summed E-state index contributed by atoms with van der Waals surface area (Å²) in [6.45, 7) is 0. The Morgan fingerprint density at radius 2 is 2.00 bits per heavy atom. The number of carbonyl (C=O) groups is 3. The zero-order chi connectivity index (χ0) is 20.1. The fourth-order valence-corrected chi connectivity index (χ4v) is 3.81. The standard InChI is InChI=1S/C17H17NO7S2/c1-24-10-3-5-12(25-2)9(7-10)8-13-15(21)18(17(26)27-13)11(16(22)23)4-6-14(19)20/h3,5,7-8,11H,4,6H2,1-2H3,(H,19,20)(H,22,23). The molecule has 0 aliphatic carbocycles. The molecule has 27 heavy (non-hydrogen) atoms. The van der Waals surface area contributed by atoms with Crippen LogP contribution < -0.4 is 9.47 Å². The Hall–Kier alpha value is -2.59. The summed E-state index contributed by atoms with van der Waals surface area (Å²) >= 11 is 6.11. The normalized spacial score (nSPS) is 16.5. The number of hydrogen-bond donors (Lipinski definition) is 2. The van der Waals surface area contributed by atoms with Gasteiger partial charge in [-0.25, -0.2) is 4.79 Å². The number of aliphatic carboxylic acids is 2. The molecule has 1 aliphatic heterocycles. The number of carboxylic acids is 2. The van der Waals surface area contributed by atoms with Gasteiger partial charge in [0.1, 0.15) is 21.9 Å². The number of rotatable bonds is 8. The zero-order valence-electron chi connectivity index (χ0n) is 14.5. The van der Waals surface area contributed by atoms with Crippen molar-refractivity contribution in [3.63, 3.8) is 0 Å². The fraction of sp³-hybridized carbons (Fsp3) is 0.294. The monoisotopic (exact) mass is 411 g/mol. The summed E-state index contributed by atoms with van der Waals surface area (Å²) in [6.07, 6.45) is 0.903. The zero-order valence-corrected chi connectivity index (χ0v) is 16.1. The van der Waals surface area contributed by atoms with E-state index in [4.69, 9.17) is 26.8 Å². The molecule has 10 heteroatoms. The van der Waals surface area contributed by atoms with Gasteiger partial charge >= 0.3 is 11.9 Å². The molecule has 1 amide bonds. The number of thiocarbonyl (C=S) groups is 1. The average molecular weight is 411 g/mol. The number of nitrogens with zero attached hydrogens (tertiary/aromatic N) is 1. The van der Waals surface area contributed by atoms with E-state index >= 15 is 0 Å². The van der Waals surface area contributed by atoms with Crippen molar-refractivity contribution < 1.29 is 34.1 Å². The van der Waals surface area contributed by atoms with E-state index in [1.165, 1.54) is 20.3 Å². The molecule has 0 bridgehead atoms. The fourth-order valence-electron chi connectivity index (χ4n) is 2.47. The Labute approximate surface area is 164 Å². The first-order chi connectivity index (χ1) is 12.8. The molecule has 1 heterocycles. The van der Waals surface area contributed by atoms with E-state index in [2.05, 4.69) is 0 Å². The third-order valence-corrected chi connectivity index (χ3v) is 5.11. The predicted octanol–water partition coefficient (Wildman–Crippen LogP) is 2.22. The average Bonchev–Trinajstić information content (AvgIpc) is 2.89. The van der Waals surface area contributed by atoms with Gasteiger partial charge in [0.15, 0.2) is 0 Å². The summed E-state index contributed by atoms with van der Waals surface area (Å²) in [6, 6.07) is 3.71. The highest BCUT2D eigenvalue weighted by molar-refractivity contribution is 8.26. The van der Waals surface area contributed by atoms with E-state index in [-0.39, 0.29) is 15.6 Å². The van der Waals surface area contributed by atoms with Crippen LogP contribution in [0.4, 0.5) is 0 Å². The minimum atomic E-state index is -1.34. The van der Waals surface area contributed by atoms with Crippen molar-refractivity contribution >= 4 is 52.2 Å². The van der Waals surface area contributed by atoms with Crippen molar-refractivity contribution in [2.24, 2.45) is 0 Å². The largest absolute Gasteiger partial charge is 0.497 e. The van der Waals surface area contributed by atoms with Gasteiger partial charge in [0, 0.05) is 12.0 Å². The molecular weight excluding hydrogens is 394 g/mol. The number of thioether (sulfide) groups is 1. The molecule has 0 spiro atoms.